The first kappa shape index (κ1) is 31.5. The Morgan fingerprint density at radius 1 is 0.841 bits per heavy atom. The summed E-state index contributed by atoms with van der Waals surface area (Å²) in [6.07, 6.45) is 8.71. The van der Waals surface area contributed by atoms with Crippen LogP contribution in [0, 0.1) is 27.2 Å². The van der Waals surface area contributed by atoms with E-state index in [2.05, 4.69) is 30.6 Å². The predicted octanol–water partition coefficient (Wildman–Crippen LogP) is 1.55. The number of hydrogen-bond acceptors (Lipinski definition) is 13. The van der Waals surface area contributed by atoms with Crippen LogP contribution in [0.1, 0.15) is 17.0 Å². The highest BCUT2D eigenvalue weighted by Gasteiger charge is 2.18. The Morgan fingerprint density at radius 2 is 1.34 bits per heavy atom. The SMILES string of the molecule is Cc1ccc(S(=O)(=O)OCCn2cc(Cn3ccnc3[N+](=O)[O-])nn2)cc1.O=[N+]([O-])c1nccn1Cc1cn(CC[18F])nn1. The van der Waals surface area contributed by atoms with Gasteiger partial charge in [0.1, 0.15) is 55.9 Å². The van der Waals surface area contributed by atoms with Gasteiger partial charge in [-0.05, 0) is 28.9 Å². The molecule has 44 heavy (non-hydrogen) atoms. The molecule has 4 aromatic heterocycles. The zero-order valence-corrected chi connectivity index (χ0v) is 23.8. The predicted molar refractivity (Wildman–Crippen MR) is 146 cm³/mol. The van der Waals surface area contributed by atoms with Crippen LogP contribution >= 0.6 is 0 Å². The molecule has 0 radical (unpaired) electrons. The average molecular weight is 632 g/mol. The summed E-state index contributed by atoms with van der Waals surface area (Å²) in [6.45, 7) is 1.79. The van der Waals surface area contributed by atoms with E-state index in [4.69, 9.17) is 4.18 Å². The fourth-order valence-electron chi connectivity index (χ4n) is 3.68. The molecule has 0 N–H and O–H groups in total. The van der Waals surface area contributed by atoms with Gasteiger partial charge in [-0.25, -0.2) is 22.9 Å². The van der Waals surface area contributed by atoms with Crippen LogP contribution in [0.2, 0.25) is 0 Å². The number of nitro groups is 2. The van der Waals surface area contributed by atoms with Crippen molar-refractivity contribution < 1.29 is 26.8 Å². The zero-order chi connectivity index (χ0) is 31.7. The van der Waals surface area contributed by atoms with Crippen LogP contribution in [0.15, 0.2) is 66.3 Å². The molecule has 0 saturated heterocycles. The zero-order valence-electron chi connectivity index (χ0n) is 23.0. The molecule has 0 spiro atoms. The minimum Gasteiger partial charge on any atom is -0.390 e. The van der Waals surface area contributed by atoms with Gasteiger partial charge in [-0.2, -0.15) is 8.42 Å². The van der Waals surface area contributed by atoms with Crippen molar-refractivity contribution in [2.24, 2.45) is 0 Å². The van der Waals surface area contributed by atoms with Gasteiger partial charge in [0.15, 0.2) is 0 Å². The molecule has 5 rings (SSSR count). The summed E-state index contributed by atoms with van der Waals surface area (Å²) in [6, 6.07) is 6.34. The lowest BCUT2D eigenvalue weighted by molar-refractivity contribution is -0.396. The van der Waals surface area contributed by atoms with E-state index < -0.39 is 26.6 Å². The van der Waals surface area contributed by atoms with Crippen LogP contribution in [0.3, 0.4) is 0 Å². The van der Waals surface area contributed by atoms with Crippen molar-refractivity contribution in [3.63, 3.8) is 0 Å². The van der Waals surface area contributed by atoms with Gasteiger partial charge in [0, 0.05) is 0 Å². The third-order valence-corrected chi connectivity index (χ3v) is 7.06. The second-order valence-electron chi connectivity index (χ2n) is 8.95. The summed E-state index contributed by atoms with van der Waals surface area (Å²) in [7, 11) is -3.85. The Hall–Kier alpha value is -5.44. The summed E-state index contributed by atoms with van der Waals surface area (Å²) < 4.78 is 46.7. The van der Waals surface area contributed by atoms with Gasteiger partial charge in [0.25, 0.3) is 10.1 Å². The fourth-order valence-corrected chi connectivity index (χ4v) is 4.58. The molecule has 21 heteroatoms. The summed E-state index contributed by atoms with van der Waals surface area (Å²) in [5, 5.41) is 36.7. The maximum Gasteiger partial charge on any atom is 0.434 e. The molecular weight excluding hydrogens is 606 g/mol. The van der Waals surface area contributed by atoms with E-state index in [0.29, 0.717) is 11.4 Å². The molecule has 0 aliphatic heterocycles. The first-order valence-corrected chi connectivity index (χ1v) is 14.1. The number of aromatic nitrogens is 10. The maximum atomic E-state index is 12.1. The number of hydrogen-bond donors (Lipinski definition) is 0. The molecule has 0 aliphatic rings. The lowest BCUT2D eigenvalue weighted by atomic mass is 10.2. The van der Waals surface area contributed by atoms with Crippen molar-refractivity contribution in [3.05, 3.63) is 98.6 Å². The molecular formula is C23H25FN12O7S. The molecule has 0 fully saturated rings. The molecule has 0 unspecified atom stereocenters. The van der Waals surface area contributed by atoms with Gasteiger partial charge in [0.2, 0.25) is 0 Å². The smallest absolute Gasteiger partial charge is 0.390 e. The van der Waals surface area contributed by atoms with Crippen molar-refractivity contribution >= 4 is 22.0 Å². The number of nitrogens with zero attached hydrogens (tertiary/aromatic N) is 12. The fraction of sp³-hybridized carbons (Fsp3) is 0.304. The Morgan fingerprint density at radius 3 is 1.82 bits per heavy atom. The minimum atomic E-state index is -3.85. The van der Waals surface area contributed by atoms with E-state index in [0.717, 1.165) is 5.56 Å². The second kappa shape index (κ2) is 14.2. The van der Waals surface area contributed by atoms with E-state index >= 15 is 0 Å². The Labute approximate surface area is 248 Å². The average Bonchev–Trinajstić information content (AvgIpc) is 3.79. The van der Waals surface area contributed by atoms with Crippen LogP contribution in [0.25, 0.3) is 0 Å². The van der Waals surface area contributed by atoms with E-state index in [1.807, 2.05) is 6.92 Å². The largest absolute Gasteiger partial charge is 0.434 e. The maximum absolute atomic E-state index is 12.1. The number of benzene rings is 1. The molecule has 0 atom stereocenters. The van der Waals surface area contributed by atoms with Gasteiger partial charge >= 0.3 is 11.9 Å². The highest BCUT2D eigenvalue weighted by molar-refractivity contribution is 7.86. The second-order valence-corrected chi connectivity index (χ2v) is 10.6. The van der Waals surface area contributed by atoms with Crippen molar-refractivity contribution in [1.82, 2.24) is 49.1 Å². The van der Waals surface area contributed by atoms with Crippen LogP contribution in [-0.4, -0.2) is 80.6 Å². The monoisotopic (exact) mass is 631 g/mol. The van der Waals surface area contributed by atoms with Crippen molar-refractivity contribution in [3.8, 4) is 0 Å². The molecule has 232 valence electrons. The third-order valence-electron chi connectivity index (χ3n) is 5.73. The molecule has 0 saturated carbocycles. The van der Waals surface area contributed by atoms with Crippen LogP contribution in [0.4, 0.5) is 16.3 Å². The summed E-state index contributed by atoms with van der Waals surface area (Å²) in [4.78, 5) is 27.6. The quantitative estimate of drug-likeness (QED) is 0.102. The van der Waals surface area contributed by atoms with Crippen molar-refractivity contribution in [2.45, 2.75) is 38.0 Å². The number of halogens is 1. The Bertz CT molecular complexity index is 1810. The van der Waals surface area contributed by atoms with E-state index in [1.165, 1.54) is 55.4 Å². The standard InChI is InChI=1S/C15H16N6O5S.C8H9FN6O2/c1-12-2-4-14(5-3-12)27(24,25)26-9-8-20-11-13(17-18-20)10-19-7-6-16-15(19)21(22)23;9-1-3-14-6-7(11-12-14)5-13-4-2-10-8(13)15(16)17/h2-7,11H,8-10H2,1H3;2,4,6H,1,3,5H2/i;9-1. The topological polar surface area (TPSA) is 227 Å². The first-order valence-electron chi connectivity index (χ1n) is 12.7. The number of aryl methyl sites for hydroxylation is 2. The molecule has 4 heterocycles. The first-order chi connectivity index (χ1) is 21.1. The van der Waals surface area contributed by atoms with Gasteiger partial charge in [-0.3, -0.25) is 4.18 Å². The highest BCUT2D eigenvalue weighted by Crippen LogP contribution is 2.14. The third kappa shape index (κ3) is 8.32. The van der Waals surface area contributed by atoms with Crippen molar-refractivity contribution in [2.75, 3.05) is 13.3 Å². The van der Waals surface area contributed by atoms with Gasteiger partial charge < -0.3 is 20.2 Å². The summed E-state index contributed by atoms with van der Waals surface area (Å²) >= 11 is 0. The number of alkyl halides is 1. The van der Waals surface area contributed by atoms with E-state index in [-0.39, 0.29) is 49.6 Å². The van der Waals surface area contributed by atoms with Gasteiger partial charge in [-0.1, -0.05) is 38.1 Å². The normalized spacial score (nSPS) is 11.2. The molecule has 5 aromatic rings. The van der Waals surface area contributed by atoms with Gasteiger partial charge in [0.05, 0.1) is 37.0 Å². The highest BCUT2D eigenvalue weighted by atomic mass is 32.2. The summed E-state index contributed by atoms with van der Waals surface area (Å²) in [5.41, 5.74) is 1.93. The molecule has 19 nitrogen and oxygen atoms in total. The molecule has 0 aliphatic carbocycles. The van der Waals surface area contributed by atoms with Gasteiger partial charge in [-0.15, -0.1) is 10.2 Å². The Kier molecular flexibility index (Phi) is 10.1. The number of rotatable bonds is 13. The Balaban J connectivity index is 0.000000223. The van der Waals surface area contributed by atoms with Crippen molar-refractivity contribution in [1.29, 1.82) is 0 Å². The lowest BCUT2D eigenvalue weighted by Crippen LogP contribution is -2.12. The van der Waals surface area contributed by atoms with E-state index in [9.17, 15) is 33.0 Å². The lowest BCUT2D eigenvalue weighted by Gasteiger charge is -2.05. The van der Waals surface area contributed by atoms with Crippen LogP contribution < -0.4 is 0 Å². The molecule has 0 amide bonds. The molecule has 0 bridgehead atoms. The number of imidazole rings is 2. The van der Waals surface area contributed by atoms with Crippen LogP contribution in [-0.2, 0) is 40.5 Å². The van der Waals surface area contributed by atoms with E-state index in [1.54, 1.807) is 24.5 Å². The summed E-state index contributed by atoms with van der Waals surface area (Å²) in [5.74, 6) is -0.554. The van der Waals surface area contributed by atoms with Crippen LogP contribution in [0.5, 0.6) is 0 Å². The minimum absolute atomic E-state index is 0.0831. The molecule has 1 aromatic carbocycles.